The Bertz CT molecular complexity index is 179. The Labute approximate surface area is 100 Å². The molecule has 0 aromatic carbocycles. The quantitative estimate of drug-likeness (QED) is 0.317. The van der Waals surface area contributed by atoms with Gasteiger partial charge in [-0.05, 0) is 39.5 Å². The Balaban J connectivity index is 3.53. The molecule has 0 unspecified atom stereocenters. The number of allylic oxidation sites excluding steroid dienone is 4. The lowest BCUT2D eigenvalue weighted by atomic mass is 10.2. The summed E-state index contributed by atoms with van der Waals surface area (Å²) in [7, 11) is 0. The fourth-order valence-corrected chi connectivity index (χ4v) is 1.38. The topological polar surface area (TPSA) is 18.5 Å². The monoisotopic (exact) mass is 226 g/mol. The van der Waals surface area contributed by atoms with Gasteiger partial charge in [0.1, 0.15) is 0 Å². The maximum Gasteiger partial charge on any atom is 0.157 e. The summed E-state index contributed by atoms with van der Waals surface area (Å²) in [5.74, 6) is 0. The van der Waals surface area contributed by atoms with E-state index in [1.165, 1.54) is 0 Å². The van der Waals surface area contributed by atoms with Crippen LogP contribution in [0.4, 0.5) is 0 Å². The van der Waals surface area contributed by atoms with Gasteiger partial charge in [0.05, 0.1) is 0 Å². The first-order valence-corrected chi connectivity index (χ1v) is 6.39. The van der Waals surface area contributed by atoms with Gasteiger partial charge in [-0.25, -0.2) is 0 Å². The Morgan fingerprint density at radius 2 is 1.56 bits per heavy atom. The zero-order valence-corrected chi connectivity index (χ0v) is 10.9. The summed E-state index contributed by atoms with van der Waals surface area (Å²) < 4.78 is 10.9. The summed E-state index contributed by atoms with van der Waals surface area (Å²) in [6, 6.07) is 0. The van der Waals surface area contributed by atoms with Crippen LogP contribution in [0.3, 0.4) is 0 Å². The van der Waals surface area contributed by atoms with Crippen molar-refractivity contribution < 1.29 is 9.47 Å². The molecule has 2 nitrogen and oxygen atoms in total. The minimum Gasteiger partial charge on any atom is -0.353 e. The fourth-order valence-electron chi connectivity index (χ4n) is 1.38. The second kappa shape index (κ2) is 12.5. The van der Waals surface area contributed by atoms with E-state index in [-0.39, 0.29) is 6.29 Å². The van der Waals surface area contributed by atoms with Crippen LogP contribution in [0.5, 0.6) is 0 Å². The number of unbranched alkanes of at least 4 members (excludes halogenated alkanes) is 1. The molecular weight excluding hydrogens is 200 g/mol. The average molecular weight is 226 g/mol. The van der Waals surface area contributed by atoms with Crippen LogP contribution < -0.4 is 0 Å². The van der Waals surface area contributed by atoms with E-state index in [9.17, 15) is 0 Å². The molecule has 0 aromatic heterocycles. The summed E-state index contributed by atoms with van der Waals surface area (Å²) in [4.78, 5) is 0. The second-order valence-electron chi connectivity index (χ2n) is 3.54. The lowest BCUT2D eigenvalue weighted by molar-refractivity contribution is -0.139. The highest BCUT2D eigenvalue weighted by atomic mass is 16.7. The molecule has 0 aliphatic heterocycles. The SMILES string of the molecule is CCC=CC=CCCCC(OCC)OCC. The molecule has 16 heavy (non-hydrogen) atoms. The molecule has 2 heteroatoms. The number of rotatable bonds is 10. The van der Waals surface area contributed by atoms with Crippen molar-refractivity contribution in [3.8, 4) is 0 Å². The largest absolute Gasteiger partial charge is 0.353 e. The van der Waals surface area contributed by atoms with Gasteiger partial charge in [-0.1, -0.05) is 31.2 Å². The third kappa shape index (κ3) is 9.94. The zero-order valence-electron chi connectivity index (χ0n) is 10.9. The molecule has 0 amide bonds. The molecule has 0 atom stereocenters. The van der Waals surface area contributed by atoms with Crippen molar-refractivity contribution in [1.29, 1.82) is 0 Å². The molecule has 0 bridgehead atoms. The lowest BCUT2D eigenvalue weighted by Crippen LogP contribution is -2.16. The van der Waals surface area contributed by atoms with Crippen molar-refractivity contribution in [3.05, 3.63) is 24.3 Å². The predicted molar refractivity (Wildman–Crippen MR) is 69.5 cm³/mol. The van der Waals surface area contributed by atoms with Crippen LogP contribution in [0.1, 0.15) is 46.5 Å². The van der Waals surface area contributed by atoms with E-state index in [0.717, 1.165) is 38.9 Å². The molecule has 94 valence electrons. The van der Waals surface area contributed by atoms with Gasteiger partial charge in [-0.15, -0.1) is 0 Å². The highest BCUT2D eigenvalue weighted by Crippen LogP contribution is 2.07. The standard InChI is InChI=1S/C14H26O2/c1-4-7-8-9-10-11-12-13-14(15-5-2)16-6-3/h7-10,14H,4-6,11-13H2,1-3H3. The molecule has 0 radical (unpaired) electrons. The van der Waals surface area contributed by atoms with E-state index in [4.69, 9.17) is 9.47 Å². The molecule has 0 spiro atoms. The Morgan fingerprint density at radius 1 is 0.938 bits per heavy atom. The van der Waals surface area contributed by atoms with E-state index in [1.807, 2.05) is 13.8 Å². The van der Waals surface area contributed by atoms with Gasteiger partial charge >= 0.3 is 0 Å². The molecule has 0 aliphatic rings. The first-order chi connectivity index (χ1) is 7.85. The molecule has 0 aliphatic carbocycles. The van der Waals surface area contributed by atoms with Crippen LogP contribution in [-0.4, -0.2) is 19.5 Å². The van der Waals surface area contributed by atoms with Gasteiger partial charge in [0.15, 0.2) is 6.29 Å². The molecule has 0 N–H and O–H groups in total. The number of hydrogen-bond donors (Lipinski definition) is 0. The van der Waals surface area contributed by atoms with Crippen molar-refractivity contribution in [2.75, 3.05) is 13.2 Å². The van der Waals surface area contributed by atoms with Crippen molar-refractivity contribution >= 4 is 0 Å². The molecule has 0 heterocycles. The summed E-state index contributed by atoms with van der Waals surface area (Å²) in [6.07, 6.45) is 12.8. The number of ether oxygens (including phenoxy) is 2. The van der Waals surface area contributed by atoms with E-state index < -0.39 is 0 Å². The van der Waals surface area contributed by atoms with Crippen molar-refractivity contribution in [2.45, 2.75) is 52.7 Å². The lowest BCUT2D eigenvalue weighted by Gasteiger charge is -2.15. The van der Waals surface area contributed by atoms with Gasteiger partial charge < -0.3 is 9.47 Å². The molecule has 0 saturated carbocycles. The van der Waals surface area contributed by atoms with Gasteiger partial charge in [0, 0.05) is 13.2 Å². The van der Waals surface area contributed by atoms with Crippen LogP contribution in [0.2, 0.25) is 0 Å². The van der Waals surface area contributed by atoms with E-state index >= 15 is 0 Å². The summed E-state index contributed by atoms with van der Waals surface area (Å²) in [6.45, 7) is 7.58. The summed E-state index contributed by atoms with van der Waals surface area (Å²) in [5.41, 5.74) is 0. The number of hydrogen-bond acceptors (Lipinski definition) is 2. The molecule has 0 rings (SSSR count). The van der Waals surface area contributed by atoms with Crippen molar-refractivity contribution in [3.63, 3.8) is 0 Å². The molecular formula is C14H26O2. The van der Waals surface area contributed by atoms with E-state index in [0.29, 0.717) is 0 Å². The zero-order chi connectivity index (χ0) is 12.1. The normalized spacial score (nSPS) is 12.2. The van der Waals surface area contributed by atoms with Crippen LogP contribution in [0.25, 0.3) is 0 Å². The first-order valence-electron chi connectivity index (χ1n) is 6.39. The van der Waals surface area contributed by atoms with Crippen molar-refractivity contribution in [1.82, 2.24) is 0 Å². The molecule has 0 fully saturated rings. The maximum absolute atomic E-state index is 5.47. The smallest absolute Gasteiger partial charge is 0.157 e. The Hall–Kier alpha value is -0.600. The van der Waals surface area contributed by atoms with Crippen LogP contribution in [0, 0.1) is 0 Å². The van der Waals surface area contributed by atoms with Gasteiger partial charge in [-0.3, -0.25) is 0 Å². The fraction of sp³-hybridized carbons (Fsp3) is 0.714. The average Bonchev–Trinajstić information content (AvgIpc) is 2.28. The molecule has 0 aromatic rings. The summed E-state index contributed by atoms with van der Waals surface area (Å²) in [5, 5.41) is 0. The van der Waals surface area contributed by atoms with Crippen molar-refractivity contribution in [2.24, 2.45) is 0 Å². The predicted octanol–water partition coefficient (Wildman–Crippen LogP) is 4.08. The summed E-state index contributed by atoms with van der Waals surface area (Å²) >= 11 is 0. The highest BCUT2D eigenvalue weighted by Gasteiger charge is 2.05. The van der Waals surface area contributed by atoms with Gasteiger partial charge in [0.2, 0.25) is 0 Å². The first kappa shape index (κ1) is 15.4. The minimum atomic E-state index is -0.0189. The minimum absolute atomic E-state index is 0.0189. The molecule has 0 saturated heterocycles. The van der Waals surface area contributed by atoms with Gasteiger partial charge in [-0.2, -0.15) is 0 Å². The third-order valence-electron chi connectivity index (χ3n) is 2.13. The van der Waals surface area contributed by atoms with Crippen LogP contribution >= 0.6 is 0 Å². The Morgan fingerprint density at radius 3 is 2.12 bits per heavy atom. The maximum atomic E-state index is 5.47. The Kier molecular flexibility index (Phi) is 12.0. The van der Waals surface area contributed by atoms with Gasteiger partial charge in [0.25, 0.3) is 0 Å². The van der Waals surface area contributed by atoms with E-state index in [2.05, 4.69) is 31.2 Å². The second-order valence-corrected chi connectivity index (χ2v) is 3.54. The van der Waals surface area contributed by atoms with Crippen LogP contribution in [-0.2, 0) is 9.47 Å². The third-order valence-corrected chi connectivity index (χ3v) is 2.13. The van der Waals surface area contributed by atoms with E-state index in [1.54, 1.807) is 0 Å². The van der Waals surface area contributed by atoms with Crippen LogP contribution in [0.15, 0.2) is 24.3 Å². The highest BCUT2D eigenvalue weighted by molar-refractivity contribution is 5.01.